The van der Waals surface area contributed by atoms with Crippen LogP contribution in [0.5, 0.6) is 0 Å². The molecule has 0 bridgehead atoms. The topological polar surface area (TPSA) is 52.3 Å². The summed E-state index contributed by atoms with van der Waals surface area (Å²) in [4.78, 5) is 13.0. The van der Waals surface area contributed by atoms with E-state index in [2.05, 4.69) is 12.5 Å². The van der Waals surface area contributed by atoms with Crippen molar-refractivity contribution in [2.24, 2.45) is 0 Å². The van der Waals surface area contributed by atoms with Crippen molar-refractivity contribution in [1.29, 1.82) is 0 Å². The van der Waals surface area contributed by atoms with Gasteiger partial charge in [0.1, 0.15) is 0 Å². The summed E-state index contributed by atoms with van der Waals surface area (Å²) >= 11 is 0. The largest absolute Gasteiger partial charge is 0.465 e. The van der Waals surface area contributed by atoms with Crippen LogP contribution in [-0.4, -0.2) is 30.3 Å². The molecule has 1 rings (SSSR count). The Morgan fingerprint density at radius 3 is 2.35 bits per heavy atom. The van der Waals surface area contributed by atoms with Gasteiger partial charge in [-0.15, -0.1) is 0 Å². The summed E-state index contributed by atoms with van der Waals surface area (Å²) in [5, 5.41) is -0.105. The number of nitrogens with two attached hydrogens (primary N) is 1. The molecule has 1 atom stereocenters. The molecule has 0 aliphatic carbocycles. The van der Waals surface area contributed by atoms with E-state index in [1.54, 1.807) is 0 Å². The van der Waals surface area contributed by atoms with Gasteiger partial charge in [0.2, 0.25) is 0 Å². The van der Waals surface area contributed by atoms with Crippen molar-refractivity contribution in [2.45, 2.75) is 24.0 Å². The van der Waals surface area contributed by atoms with Crippen LogP contribution in [0.15, 0.2) is 29.2 Å². The molecule has 96 valence electrons. The van der Waals surface area contributed by atoms with Gasteiger partial charge in [0.15, 0.2) is 0 Å². The Morgan fingerprint density at radius 1 is 1.35 bits per heavy atom. The maximum atomic E-state index is 11.8. The van der Waals surface area contributed by atoms with Gasteiger partial charge < -0.3 is 10.5 Å². The average Bonchev–Trinajstić information content (AvgIpc) is 2.29. The predicted molar refractivity (Wildman–Crippen MR) is 74.7 cm³/mol. The van der Waals surface area contributed by atoms with Crippen molar-refractivity contribution in [2.75, 3.05) is 24.9 Å². The third kappa shape index (κ3) is 3.16. The van der Waals surface area contributed by atoms with E-state index in [4.69, 9.17) is 10.5 Å². The van der Waals surface area contributed by atoms with Gasteiger partial charge in [0, 0.05) is 5.69 Å². The van der Waals surface area contributed by atoms with Crippen LogP contribution in [-0.2, 0) is 9.53 Å². The molecular formula is C13H21NO2S. The highest BCUT2D eigenvalue weighted by molar-refractivity contribution is 8.33. The number of anilines is 1. The van der Waals surface area contributed by atoms with Crippen molar-refractivity contribution in [1.82, 2.24) is 0 Å². The van der Waals surface area contributed by atoms with Crippen LogP contribution in [0.1, 0.15) is 13.8 Å². The Labute approximate surface area is 105 Å². The third-order valence-corrected chi connectivity index (χ3v) is 6.44. The minimum Gasteiger partial charge on any atom is -0.465 e. The van der Waals surface area contributed by atoms with E-state index in [0.29, 0.717) is 6.61 Å². The standard InChI is InChI=1S/C13H21NO2S/c1-5-16-13(15)10(2)17(3,4)12-8-6-11(14)7-9-12/h6-10H,5,14H2,1-4H3/t10-/m1/s1. The predicted octanol–water partition coefficient (Wildman–Crippen LogP) is 2.64. The van der Waals surface area contributed by atoms with Crippen LogP contribution in [0.4, 0.5) is 5.69 Å². The highest BCUT2D eigenvalue weighted by Crippen LogP contribution is 2.53. The Hall–Kier alpha value is -1.16. The molecule has 0 aromatic heterocycles. The molecule has 17 heavy (non-hydrogen) atoms. The van der Waals surface area contributed by atoms with E-state index in [9.17, 15) is 4.79 Å². The van der Waals surface area contributed by atoms with Crippen molar-refractivity contribution in [3.05, 3.63) is 24.3 Å². The molecule has 0 saturated heterocycles. The van der Waals surface area contributed by atoms with Crippen molar-refractivity contribution in [3.8, 4) is 0 Å². The normalized spacial score (nSPS) is 14.1. The number of carbonyl (C=O) groups excluding carboxylic acids is 1. The minimum absolute atomic E-state index is 0.105. The summed E-state index contributed by atoms with van der Waals surface area (Å²) in [5.74, 6) is -0.121. The molecule has 2 N–H and O–H groups in total. The number of hydrogen-bond acceptors (Lipinski definition) is 3. The molecule has 0 aliphatic heterocycles. The Bertz CT molecular complexity index is 387. The maximum Gasteiger partial charge on any atom is 0.317 e. The SMILES string of the molecule is CCOC(=O)[C@@H](C)S(C)(C)c1ccc(N)cc1. The van der Waals surface area contributed by atoms with E-state index in [1.165, 1.54) is 4.90 Å². The lowest BCUT2D eigenvalue weighted by Gasteiger charge is -2.36. The van der Waals surface area contributed by atoms with Crippen molar-refractivity contribution < 1.29 is 9.53 Å². The zero-order valence-corrected chi connectivity index (χ0v) is 11.7. The summed E-state index contributed by atoms with van der Waals surface area (Å²) < 4.78 is 5.09. The van der Waals surface area contributed by atoms with Gasteiger partial charge in [-0.05, 0) is 55.5 Å². The Kier molecular flexibility index (Phi) is 4.46. The summed E-state index contributed by atoms with van der Waals surface area (Å²) in [5.41, 5.74) is 6.41. The maximum absolute atomic E-state index is 11.8. The highest BCUT2D eigenvalue weighted by atomic mass is 32.3. The van der Waals surface area contributed by atoms with E-state index in [0.717, 1.165) is 5.69 Å². The van der Waals surface area contributed by atoms with Crippen LogP contribution >= 0.6 is 10.0 Å². The fraction of sp³-hybridized carbons (Fsp3) is 0.462. The van der Waals surface area contributed by atoms with Crippen molar-refractivity contribution >= 4 is 21.7 Å². The summed E-state index contributed by atoms with van der Waals surface area (Å²) in [6.07, 6.45) is 4.25. The number of ether oxygens (including phenoxy) is 1. The summed E-state index contributed by atoms with van der Waals surface area (Å²) in [6.45, 7) is 4.19. The first-order chi connectivity index (χ1) is 7.89. The number of carbonyl (C=O) groups is 1. The molecule has 0 amide bonds. The van der Waals surface area contributed by atoms with Gasteiger partial charge in [-0.3, -0.25) is 4.79 Å². The molecule has 0 unspecified atom stereocenters. The first-order valence-electron chi connectivity index (χ1n) is 5.64. The van der Waals surface area contributed by atoms with E-state index >= 15 is 0 Å². The lowest BCUT2D eigenvalue weighted by molar-refractivity contribution is -0.142. The molecule has 0 heterocycles. The van der Waals surface area contributed by atoms with Gasteiger partial charge in [-0.25, -0.2) is 10.0 Å². The summed E-state index contributed by atoms with van der Waals surface area (Å²) in [6, 6.07) is 7.75. The molecule has 0 fully saturated rings. The second kappa shape index (κ2) is 5.45. The number of hydrogen-bond donors (Lipinski definition) is 1. The van der Waals surface area contributed by atoms with Gasteiger partial charge in [0.25, 0.3) is 0 Å². The van der Waals surface area contributed by atoms with Gasteiger partial charge >= 0.3 is 5.97 Å². The second-order valence-corrected chi connectivity index (χ2v) is 8.36. The number of benzene rings is 1. The quantitative estimate of drug-likeness (QED) is 0.664. The number of esters is 1. The lowest BCUT2D eigenvalue weighted by Crippen LogP contribution is -2.25. The lowest BCUT2D eigenvalue weighted by atomic mass is 10.3. The monoisotopic (exact) mass is 255 g/mol. The van der Waals surface area contributed by atoms with E-state index in [-0.39, 0.29) is 11.2 Å². The minimum atomic E-state index is -1.21. The zero-order valence-electron chi connectivity index (χ0n) is 10.9. The highest BCUT2D eigenvalue weighted by Gasteiger charge is 2.29. The molecule has 0 spiro atoms. The Balaban J connectivity index is 2.93. The van der Waals surface area contributed by atoms with E-state index < -0.39 is 10.0 Å². The summed E-state index contributed by atoms with van der Waals surface area (Å²) in [7, 11) is -1.21. The smallest absolute Gasteiger partial charge is 0.317 e. The number of nitrogen functional groups attached to an aromatic ring is 1. The van der Waals surface area contributed by atoms with Gasteiger partial charge in [-0.2, -0.15) is 0 Å². The molecule has 1 aromatic rings. The molecule has 1 aromatic carbocycles. The molecule has 4 heteroatoms. The fourth-order valence-corrected chi connectivity index (χ4v) is 3.32. The van der Waals surface area contributed by atoms with Crippen LogP contribution in [0, 0.1) is 0 Å². The zero-order chi connectivity index (χ0) is 13.1. The first-order valence-corrected chi connectivity index (χ1v) is 8.15. The van der Waals surface area contributed by atoms with Gasteiger partial charge in [0.05, 0.1) is 11.9 Å². The van der Waals surface area contributed by atoms with Crippen LogP contribution < -0.4 is 5.73 Å². The number of rotatable bonds is 4. The third-order valence-electron chi connectivity index (χ3n) is 2.99. The molecule has 0 radical (unpaired) electrons. The van der Waals surface area contributed by atoms with Crippen molar-refractivity contribution in [3.63, 3.8) is 0 Å². The van der Waals surface area contributed by atoms with Crippen LogP contribution in [0.2, 0.25) is 0 Å². The molecular weight excluding hydrogens is 234 g/mol. The fourth-order valence-electron chi connectivity index (χ4n) is 1.52. The van der Waals surface area contributed by atoms with Gasteiger partial charge in [-0.1, -0.05) is 0 Å². The Morgan fingerprint density at radius 2 is 1.88 bits per heavy atom. The first kappa shape index (κ1) is 13.9. The molecule has 3 nitrogen and oxygen atoms in total. The average molecular weight is 255 g/mol. The van der Waals surface area contributed by atoms with Crippen LogP contribution in [0.25, 0.3) is 0 Å². The molecule has 0 aliphatic rings. The van der Waals surface area contributed by atoms with Crippen LogP contribution in [0.3, 0.4) is 0 Å². The second-order valence-electron chi connectivity index (χ2n) is 4.37. The van der Waals surface area contributed by atoms with E-state index in [1.807, 2.05) is 38.1 Å². The molecule has 0 saturated carbocycles.